The van der Waals surface area contributed by atoms with Crippen LogP contribution in [0.25, 0.3) is 0 Å². The fourth-order valence-electron chi connectivity index (χ4n) is 2.60. The Labute approximate surface area is 126 Å². The monoisotopic (exact) mass is 313 g/mol. The van der Waals surface area contributed by atoms with E-state index in [2.05, 4.69) is 10.3 Å². The highest BCUT2D eigenvalue weighted by molar-refractivity contribution is 7.89. The average Bonchev–Trinajstić information content (AvgIpc) is 2.87. The third kappa shape index (κ3) is 3.36. The maximum atomic E-state index is 12.7. The van der Waals surface area contributed by atoms with E-state index in [1.807, 2.05) is 13.8 Å². The van der Waals surface area contributed by atoms with Crippen LogP contribution in [0.2, 0.25) is 0 Å². The molecule has 2 atom stereocenters. The van der Waals surface area contributed by atoms with Crippen LogP contribution in [0.5, 0.6) is 0 Å². The molecule has 2 heterocycles. The summed E-state index contributed by atoms with van der Waals surface area (Å²) in [5.74, 6) is 0.731. The van der Waals surface area contributed by atoms with Gasteiger partial charge < -0.3 is 10.4 Å². The number of nitrogens with one attached hydrogen (secondary N) is 1. The quantitative estimate of drug-likeness (QED) is 0.827. The van der Waals surface area contributed by atoms with Crippen LogP contribution in [-0.4, -0.2) is 48.6 Å². The number of aliphatic hydroxyl groups is 1. The van der Waals surface area contributed by atoms with Crippen molar-refractivity contribution in [1.82, 2.24) is 9.29 Å². The van der Waals surface area contributed by atoms with Crippen LogP contribution < -0.4 is 5.32 Å². The van der Waals surface area contributed by atoms with E-state index in [9.17, 15) is 13.5 Å². The molecule has 1 aliphatic heterocycles. The fourth-order valence-corrected chi connectivity index (χ4v) is 4.34. The molecule has 1 aromatic rings. The molecule has 0 spiro atoms. The third-order valence-corrected chi connectivity index (χ3v) is 5.83. The molecular weight excluding hydrogens is 290 g/mol. The maximum Gasteiger partial charge on any atom is 0.243 e. The zero-order valence-corrected chi connectivity index (χ0v) is 13.3. The van der Waals surface area contributed by atoms with Crippen molar-refractivity contribution < 1.29 is 13.5 Å². The SMILES string of the molecule is CCCNc1cc(S(=O)(=O)N2CCC(C)C2CO)ccn1. The predicted molar refractivity (Wildman–Crippen MR) is 81.6 cm³/mol. The third-order valence-electron chi connectivity index (χ3n) is 3.91. The lowest BCUT2D eigenvalue weighted by molar-refractivity contribution is 0.191. The van der Waals surface area contributed by atoms with Crippen LogP contribution in [0, 0.1) is 5.92 Å². The molecule has 1 saturated heterocycles. The number of anilines is 1. The molecule has 6 nitrogen and oxygen atoms in total. The van der Waals surface area contributed by atoms with Gasteiger partial charge in [0, 0.05) is 25.4 Å². The summed E-state index contributed by atoms with van der Waals surface area (Å²) in [7, 11) is -3.59. The van der Waals surface area contributed by atoms with Crippen molar-refractivity contribution in [3.63, 3.8) is 0 Å². The number of nitrogens with zero attached hydrogens (tertiary/aromatic N) is 2. The zero-order valence-electron chi connectivity index (χ0n) is 12.5. The van der Waals surface area contributed by atoms with Crippen molar-refractivity contribution in [3.05, 3.63) is 18.3 Å². The van der Waals surface area contributed by atoms with Gasteiger partial charge >= 0.3 is 0 Å². The molecule has 7 heteroatoms. The maximum absolute atomic E-state index is 12.7. The molecule has 1 aliphatic rings. The van der Waals surface area contributed by atoms with E-state index in [0.717, 1.165) is 19.4 Å². The molecule has 0 radical (unpaired) electrons. The highest BCUT2D eigenvalue weighted by Gasteiger charge is 2.39. The van der Waals surface area contributed by atoms with Crippen LogP contribution in [0.4, 0.5) is 5.82 Å². The molecule has 1 fully saturated rings. The normalized spacial score (nSPS) is 23.4. The van der Waals surface area contributed by atoms with Crippen LogP contribution in [0.15, 0.2) is 23.2 Å². The molecular formula is C14H23N3O3S. The molecule has 1 aromatic heterocycles. The summed E-state index contributed by atoms with van der Waals surface area (Å²) in [6.07, 6.45) is 3.21. The number of aromatic nitrogens is 1. The molecule has 2 N–H and O–H groups in total. The standard InChI is InChI=1S/C14H23N3O3S/c1-3-6-15-14-9-12(4-7-16-14)21(19,20)17-8-5-11(2)13(17)10-18/h4,7,9,11,13,18H,3,5-6,8,10H2,1-2H3,(H,15,16). The topological polar surface area (TPSA) is 82.5 Å². The Morgan fingerprint density at radius 2 is 2.29 bits per heavy atom. The van der Waals surface area contributed by atoms with E-state index in [1.165, 1.54) is 16.6 Å². The minimum absolute atomic E-state index is 0.146. The first kappa shape index (κ1) is 16.2. The van der Waals surface area contributed by atoms with E-state index >= 15 is 0 Å². The van der Waals surface area contributed by atoms with E-state index in [-0.39, 0.29) is 23.5 Å². The van der Waals surface area contributed by atoms with Gasteiger partial charge in [-0.1, -0.05) is 13.8 Å². The van der Waals surface area contributed by atoms with Crippen molar-refractivity contribution in [3.8, 4) is 0 Å². The molecule has 0 saturated carbocycles. The van der Waals surface area contributed by atoms with Crippen LogP contribution in [0.1, 0.15) is 26.7 Å². The molecule has 21 heavy (non-hydrogen) atoms. The van der Waals surface area contributed by atoms with Gasteiger partial charge in [-0.25, -0.2) is 13.4 Å². The Kier molecular flexibility index (Phi) is 5.18. The minimum atomic E-state index is -3.59. The number of hydrogen-bond acceptors (Lipinski definition) is 5. The first-order valence-corrected chi connectivity index (χ1v) is 8.77. The Morgan fingerprint density at radius 3 is 2.95 bits per heavy atom. The van der Waals surface area contributed by atoms with Crippen molar-refractivity contribution in [2.75, 3.05) is 25.0 Å². The lowest BCUT2D eigenvalue weighted by atomic mass is 10.0. The highest BCUT2D eigenvalue weighted by Crippen LogP contribution is 2.30. The second kappa shape index (κ2) is 6.72. The summed E-state index contributed by atoms with van der Waals surface area (Å²) in [6.45, 7) is 5.06. The van der Waals surface area contributed by atoms with Gasteiger partial charge in [-0.05, 0) is 24.8 Å². The molecule has 2 unspecified atom stereocenters. The molecule has 0 aromatic carbocycles. The van der Waals surface area contributed by atoms with Gasteiger partial charge in [0.15, 0.2) is 0 Å². The zero-order chi connectivity index (χ0) is 15.5. The summed E-state index contributed by atoms with van der Waals surface area (Å²) in [5, 5.41) is 12.5. The van der Waals surface area contributed by atoms with Crippen molar-refractivity contribution in [1.29, 1.82) is 0 Å². The fraction of sp³-hybridized carbons (Fsp3) is 0.643. The number of aliphatic hydroxyl groups excluding tert-OH is 1. The summed E-state index contributed by atoms with van der Waals surface area (Å²) in [4.78, 5) is 4.35. The molecule has 0 bridgehead atoms. The number of rotatable bonds is 6. The Bertz CT molecular complexity index is 577. The number of sulfonamides is 1. The second-order valence-electron chi connectivity index (χ2n) is 5.44. The molecule has 0 aliphatic carbocycles. The Hall–Kier alpha value is -1.18. The van der Waals surface area contributed by atoms with Gasteiger partial charge in [0.05, 0.1) is 17.5 Å². The summed E-state index contributed by atoms with van der Waals surface area (Å²) in [6, 6.07) is 2.72. The molecule has 2 rings (SSSR count). The van der Waals surface area contributed by atoms with E-state index in [4.69, 9.17) is 0 Å². The minimum Gasteiger partial charge on any atom is -0.395 e. The van der Waals surface area contributed by atoms with Gasteiger partial charge in [0.2, 0.25) is 10.0 Å². The van der Waals surface area contributed by atoms with Gasteiger partial charge in [-0.2, -0.15) is 4.31 Å². The second-order valence-corrected chi connectivity index (χ2v) is 7.33. The van der Waals surface area contributed by atoms with E-state index < -0.39 is 10.0 Å². The van der Waals surface area contributed by atoms with Crippen LogP contribution in [-0.2, 0) is 10.0 Å². The lowest BCUT2D eigenvalue weighted by Gasteiger charge is -2.24. The first-order valence-electron chi connectivity index (χ1n) is 7.33. The predicted octanol–water partition coefficient (Wildman–Crippen LogP) is 1.29. The Morgan fingerprint density at radius 1 is 1.52 bits per heavy atom. The molecule has 0 amide bonds. The Balaban J connectivity index is 2.27. The summed E-state index contributed by atoms with van der Waals surface area (Å²) < 4.78 is 26.9. The molecule has 118 valence electrons. The van der Waals surface area contributed by atoms with Gasteiger partial charge in [-0.15, -0.1) is 0 Å². The van der Waals surface area contributed by atoms with Gasteiger partial charge in [-0.3, -0.25) is 0 Å². The average molecular weight is 313 g/mol. The smallest absolute Gasteiger partial charge is 0.243 e. The van der Waals surface area contributed by atoms with E-state index in [0.29, 0.717) is 12.4 Å². The van der Waals surface area contributed by atoms with E-state index in [1.54, 1.807) is 6.07 Å². The summed E-state index contributed by atoms with van der Waals surface area (Å²) >= 11 is 0. The van der Waals surface area contributed by atoms with Crippen molar-refractivity contribution in [2.24, 2.45) is 5.92 Å². The van der Waals surface area contributed by atoms with Crippen molar-refractivity contribution in [2.45, 2.75) is 37.6 Å². The summed E-state index contributed by atoms with van der Waals surface area (Å²) in [5.41, 5.74) is 0. The van der Waals surface area contributed by atoms with Gasteiger partial charge in [0.1, 0.15) is 5.82 Å². The largest absolute Gasteiger partial charge is 0.395 e. The highest BCUT2D eigenvalue weighted by atomic mass is 32.2. The first-order chi connectivity index (χ1) is 10.0. The van der Waals surface area contributed by atoms with Crippen molar-refractivity contribution >= 4 is 15.8 Å². The lowest BCUT2D eigenvalue weighted by Crippen LogP contribution is -2.39. The van der Waals surface area contributed by atoms with Crippen LogP contribution >= 0.6 is 0 Å². The number of hydrogen-bond donors (Lipinski definition) is 2. The van der Waals surface area contributed by atoms with Crippen LogP contribution in [0.3, 0.4) is 0 Å². The number of pyridine rings is 1. The van der Waals surface area contributed by atoms with Gasteiger partial charge in [0.25, 0.3) is 0 Å².